The molecule has 2 nitrogen and oxygen atoms in total. The normalized spacial score (nSPS) is 14.3. The van der Waals surface area contributed by atoms with Crippen molar-refractivity contribution in [1.82, 2.24) is 5.32 Å². The van der Waals surface area contributed by atoms with Gasteiger partial charge in [0, 0.05) is 12.1 Å². The summed E-state index contributed by atoms with van der Waals surface area (Å²) in [6.45, 7) is 0.648. The van der Waals surface area contributed by atoms with Crippen LogP contribution in [0.3, 0.4) is 0 Å². The smallest absolute Gasteiger partial charge is 0.251 e. The Balaban J connectivity index is 2.30. The van der Waals surface area contributed by atoms with Crippen LogP contribution in [-0.4, -0.2) is 11.7 Å². The number of hydrogen-bond donors (Lipinski definition) is 2. The number of fused-ring (bicyclic) bond motifs is 1. The summed E-state index contributed by atoms with van der Waals surface area (Å²) in [6.07, 6.45) is 5.11. The van der Waals surface area contributed by atoms with E-state index in [1.54, 1.807) is 0 Å². The van der Waals surface area contributed by atoms with E-state index in [9.17, 15) is 4.79 Å². The second-order valence-electron chi connectivity index (χ2n) is 3.47. The topological polar surface area (TPSA) is 29.1 Å². The number of nitrogens with one attached hydrogen (secondary N) is 1. The van der Waals surface area contributed by atoms with Crippen molar-refractivity contribution in [2.24, 2.45) is 0 Å². The van der Waals surface area contributed by atoms with Crippen LogP contribution in [0.5, 0.6) is 0 Å². The summed E-state index contributed by atoms with van der Waals surface area (Å²) in [5.74, 6) is 0.886. The highest BCUT2D eigenvalue weighted by Crippen LogP contribution is 2.21. The molecule has 0 bridgehead atoms. The van der Waals surface area contributed by atoms with Crippen LogP contribution < -0.4 is 5.32 Å². The van der Waals surface area contributed by atoms with Gasteiger partial charge < -0.3 is 5.32 Å². The van der Waals surface area contributed by atoms with E-state index in [0.29, 0.717) is 6.54 Å². The summed E-state index contributed by atoms with van der Waals surface area (Å²) in [6, 6.07) is 5.83. The van der Waals surface area contributed by atoms with Crippen LogP contribution >= 0.6 is 12.6 Å². The second-order valence-corrected chi connectivity index (χ2v) is 3.92. The molecule has 0 fully saturated rings. The molecule has 0 saturated heterocycles. The van der Waals surface area contributed by atoms with E-state index in [4.69, 9.17) is 0 Å². The monoisotopic (exact) mass is 219 g/mol. The molecule has 2 rings (SSSR count). The highest BCUT2D eigenvalue weighted by atomic mass is 32.1. The number of amides is 1. The Morgan fingerprint density at radius 1 is 1.47 bits per heavy atom. The van der Waals surface area contributed by atoms with Gasteiger partial charge in [0.1, 0.15) is 0 Å². The van der Waals surface area contributed by atoms with Gasteiger partial charge in [-0.3, -0.25) is 4.79 Å². The van der Waals surface area contributed by atoms with Crippen molar-refractivity contribution >= 4 is 24.6 Å². The minimum absolute atomic E-state index is 0.0365. The van der Waals surface area contributed by atoms with Gasteiger partial charge in [-0.2, -0.15) is 12.6 Å². The van der Waals surface area contributed by atoms with Gasteiger partial charge in [0.05, 0.1) is 0 Å². The Bertz CT molecular complexity index is 412. The molecule has 1 heterocycles. The van der Waals surface area contributed by atoms with Crippen LogP contribution in [0.25, 0.3) is 6.08 Å². The van der Waals surface area contributed by atoms with E-state index in [1.807, 2.05) is 18.2 Å². The van der Waals surface area contributed by atoms with E-state index in [1.165, 1.54) is 0 Å². The second kappa shape index (κ2) is 4.53. The number of hydrogen-bond acceptors (Lipinski definition) is 2. The molecule has 78 valence electrons. The average molecular weight is 219 g/mol. The van der Waals surface area contributed by atoms with Gasteiger partial charge in [-0.15, -0.1) is 0 Å². The molecule has 1 aliphatic rings. The molecule has 1 amide bonds. The lowest BCUT2D eigenvalue weighted by Gasteiger charge is -2.00. The minimum atomic E-state index is 0.0365. The standard InChI is InChI=1S/C12H13NOS/c14-12-10-6-3-5-9(4-1-2-7-15)11(10)8-13-12/h1,3-6,15H,2,7-8H2,(H,13,14). The zero-order valence-corrected chi connectivity index (χ0v) is 9.26. The first kappa shape index (κ1) is 10.3. The van der Waals surface area contributed by atoms with E-state index < -0.39 is 0 Å². The molecule has 0 radical (unpaired) electrons. The Labute approximate surface area is 94.8 Å². The first-order valence-corrected chi connectivity index (χ1v) is 5.63. The maximum Gasteiger partial charge on any atom is 0.251 e. The molecule has 0 atom stereocenters. The minimum Gasteiger partial charge on any atom is -0.348 e. The molecule has 0 saturated carbocycles. The molecule has 1 N–H and O–H groups in total. The summed E-state index contributed by atoms with van der Waals surface area (Å²) in [7, 11) is 0. The maximum atomic E-state index is 11.4. The molecular weight excluding hydrogens is 206 g/mol. The lowest BCUT2D eigenvalue weighted by Crippen LogP contribution is -2.12. The van der Waals surface area contributed by atoms with Gasteiger partial charge in [-0.25, -0.2) is 0 Å². The number of allylic oxidation sites excluding steroid dienone is 1. The van der Waals surface area contributed by atoms with Crippen molar-refractivity contribution in [2.45, 2.75) is 13.0 Å². The van der Waals surface area contributed by atoms with Gasteiger partial charge in [-0.05, 0) is 29.4 Å². The summed E-state index contributed by atoms with van der Waals surface area (Å²) in [4.78, 5) is 11.4. The van der Waals surface area contributed by atoms with Crippen LogP contribution in [0.2, 0.25) is 0 Å². The van der Waals surface area contributed by atoms with Crippen LogP contribution in [-0.2, 0) is 6.54 Å². The number of thiol groups is 1. The number of carbonyl (C=O) groups excluding carboxylic acids is 1. The van der Waals surface area contributed by atoms with Gasteiger partial charge in [0.2, 0.25) is 0 Å². The molecule has 3 heteroatoms. The van der Waals surface area contributed by atoms with Crippen LogP contribution in [0.15, 0.2) is 24.3 Å². The largest absolute Gasteiger partial charge is 0.348 e. The third kappa shape index (κ3) is 2.07. The van der Waals surface area contributed by atoms with Crippen molar-refractivity contribution in [3.05, 3.63) is 41.0 Å². The van der Waals surface area contributed by atoms with E-state index >= 15 is 0 Å². The summed E-state index contributed by atoms with van der Waals surface area (Å²) in [5.41, 5.74) is 3.05. The number of carbonyl (C=O) groups is 1. The quantitative estimate of drug-likeness (QED) is 0.750. The molecule has 0 aliphatic carbocycles. The van der Waals surface area contributed by atoms with E-state index in [0.717, 1.165) is 28.9 Å². The molecule has 1 aromatic carbocycles. The van der Waals surface area contributed by atoms with Gasteiger partial charge >= 0.3 is 0 Å². The molecule has 0 aromatic heterocycles. The lowest BCUT2D eigenvalue weighted by atomic mass is 10.0. The van der Waals surface area contributed by atoms with Gasteiger partial charge in [-0.1, -0.05) is 24.3 Å². The first-order valence-electron chi connectivity index (χ1n) is 5.00. The van der Waals surface area contributed by atoms with Gasteiger partial charge in [0.15, 0.2) is 0 Å². The summed E-state index contributed by atoms with van der Waals surface area (Å²) in [5, 5.41) is 2.83. The van der Waals surface area contributed by atoms with E-state index in [2.05, 4.69) is 30.1 Å². The third-order valence-electron chi connectivity index (χ3n) is 2.48. The Morgan fingerprint density at radius 2 is 2.33 bits per heavy atom. The first-order chi connectivity index (χ1) is 7.33. The van der Waals surface area contributed by atoms with Crippen molar-refractivity contribution in [3.8, 4) is 0 Å². The SMILES string of the molecule is O=C1NCc2c(C=CCCS)cccc21. The lowest BCUT2D eigenvalue weighted by molar-refractivity contribution is 0.0966. The molecular formula is C12H13NOS. The number of benzene rings is 1. The van der Waals surface area contributed by atoms with Crippen LogP contribution in [0.4, 0.5) is 0 Å². The zero-order valence-electron chi connectivity index (χ0n) is 8.36. The summed E-state index contributed by atoms with van der Waals surface area (Å²) >= 11 is 4.15. The van der Waals surface area contributed by atoms with Crippen molar-refractivity contribution in [1.29, 1.82) is 0 Å². The Kier molecular flexibility index (Phi) is 3.11. The zero-order chi connectivity index (χ0) is 10.7. The van der Waals surface area contributed by atoms with Crippen molar-refractivity contribution < 1.29 is 4.79 Å². The van der Waals surface area contributed by atoms with Crippen LogP contribution in [0, 0.1) is 0 Å². The van der Waals surface area contributed by atoms with Crippen LogP contribution in [0.1, 0.15) is 27.9 Å². The highest BCUT2D eigenvalue weighted by Gasteiger charge is 2.19. The predicted molar refractivity (Wildman–Crippen MR) is 65.1 cm³/mol. The predicted octanol–water partition coefficient (Wildman–Crippen LogP) is 2.26. The molecule has 1 aromatic rings. The highest BCUT2D eigenvalue weighted by molar-refractivity contribution is 7.80. The van der Waals surface area contributed by atoms with Crippen molar-refractivity contribution in [2.75, 3.05) is 5.75 Å². The molecule has 0 spiro atoms. The number of rotatable bonds is 3. The molecule has 15 heavy (non-hydrogen) atoms. The van der Waals surface area contributed by atoms with E-state index in [-0.39, 0.29) is 5.91 Å². The third-order valence-corrected chi connectivity index (χ3v) is 2.73. The Hall–Kier alpha value is -1.22. The fourth-order valence-electron chi connectivity index (χ4n) is 1.72. The molecule has 0 unspecified atom stereocenters. The average Bonchev–Trinajstić information content (AvgIpc) is 2.62. The fourth-order valence-corrected chi connectivity index (χ4v) is 1.87. The summed E-state index contributed by atoms with van der Waals surface area (Å²) < 4.78 is 0. The van der Waals surface area contributed by atoms with Crippen molar-refractivity contribution in [3.63, 3.8) is 0 Å². The maximum absolute atomic E-state index is 11.4. The fraction of sp³-hybridized carbons (Fsp3) is 0.250. The Morgan fingerprint density at radius 3 is 3.13 bits per heavy atom. The van der Waals surface area contributed by atoms with Gasteiger partial charge in [0.25, 0.3) is 5.91 Å². The molecule has 1 aliphatic heterocycles.